The van der Waals surface area contributed by atoms with E-state index in [1.807, 2.05) is 0 Å². The molecular weight excluding hydrogens is 146 g/mol. The Hall–Kier alpha value is -1.29. The van der Waals surface area contributed by atoms with E-state index in [1.165, 1.54) is 6.07 Å². The standard InChI is InChI=1S/C7H9NO3/c1-2-3-10-7-4-6(5-9)11-8-7/h2,4,9H,1,3,5H2. The summed E-state index contributed by atoms with van der Waals surface area (Å²) in [6, 6.07) is 1.53. The molecule has 1 aromatic heterocycles. The SMILES string of the molecule is C=CCOc1cc(CO)on1. The number of ether oxygens (including phenoxy) is 1. The van der Waals surface area contributed by atoms with Gasteiger partial charge in [0, 0.05) is 6.07 Å². The van der Waals surface area contributed by atoms with Crippen molar-refractivity contribution >= 4 is 0 Å². The summed E-state index contributed by atoms with van der Waals surface area (Å²) >= 11 is 0. The number of hydrogen-bond acceptors (Lipinski definition) is 4. The summed E-state index contributed by atoms with van der Waals surface area (Å²) in [5.41, 5.74) is 0. The fraction of sp³-hybridized carbons (Fsp3) is 0.286. The molecular formula is C7H9NO3. The molecule has 4 nitrogen and oxygen atoms in total. The minimum absolute atomic E-state index is 0.162. The van der Waals surface area contributed by atoms with Gasteiger partial charge in [0.15, 0.2) is 5.76 Å². The van der Waals surface area contributed by atoms with Crippen molar-refractivity contribution in [3.05, 3.63) is 24.5 Å². The van der Waals surface area contributed by atoms with Crippen molar-refractivity contribution in [2.24, 2.45) is 0 Å². The molecule has 0 bridgehead atoms. The molecule has 0 unspecified atom stereocenters. The lowest BCUT2D eigenvalue weighted by atomic mass is 10.5. The first-order valence-electron chi connectivity index (χ1n) is 3.17. The number of nitrogens with zero attached hydrogens (tertiary/aromatic N) is 1. The van der Waals surface area contributed by atoms with Crippen LogP contribution in [0.15, 0.2) is 23.2 Å². The molecule has 0 saturated heterocycles. The van der Waals surface area contributed by atoms with Gasteiger partial charge < -0.3 is 14.4 Å². The van der Waals surface area contributed by atoms with Crippen LogP contribution >= 0.6 is 0 Å². The molecule has 1 heterocycles. The predicted octanol–water partition coefficient (Wildman–Crippen LogP) is 0.732. The molecule has 1 N–H and O–H groups in total. The fourth-order valence-electron chi connectivity index (χ4n) is 0.581. The summed E-state index contributed by atoms with van der Waals surface area (Å²) < 4.78 is 9.66. The van der Waals surface area contributed by atoms with E-state index < -0.39 is 0 Å². The van der Waals surface area contributed by atoms with Crippen LogP contribution in [0.1, 0.15) is 5.76 Å². The van der Waals surface area contributed by atoms with Gasteiger partial charge >= 0.3 is 0 Å². The highest BCUT2D eigenvalue weighted by Gasteiger charge is 2.01. The summed E-state index contributed by atoms with van der Waals surface area (Å²) in [5.74, 6) is 0.762. The minimum atomic E-state index is -0.162. The molecule has 0 fully saturated rings. The molecule has 0 radical (unpaired) electrons. The average Bonchev–Trinajstić information content (AvgIpc) is 2.48. The summed E-state index contributed by atoms with van der Waals surface area (Å²) in [6.07, 6.45) is 1.60. The van der Waals surface area contributed by atoms with Crippen LogP contribution in [0.2, 0.25) is 0 Å². The van der Waals surface area contributed by atoms with Crippen LogP contribution in [0.3, 0.4) is 0 Å². The maximum absolute atomic E-state index is 8.57. The highest BCUT2D eigenvalue weighted by atomic mass is 16.5. The van der Waals surface area contributed by atoms with E-state index in [2.05, 4.69) is 16.3 Å². The van der Waals surface area contributed by atoms with E-state index in [1.54, 1.807) is 6.08 Å². The van der Waals surface area contributed by atoms with Gasteiger partial charge in [0.1, 0.15) is 13.2 Å². The normalized spacial score (nSPS) is 9.55. The fourth-order valence-corrected chi connectivity index (χ4v) is 0.581. The van der Waals surface area contributed by atoms with E-state index in [9.17, 15) is 0 Å². The van der Waals surface area contributed by atoms with Crippen molar-refractivity contribution in [2.45, 2.75) is 6.61 Å². The zero-order valence-electron chi connectivity index (χ0n) is 5.99. The van der Waals surface area contributed by atoms with E-state index in [-0.39, 0.29) is 6.61 Å². The van der Waals surface area contributed by atoms with Crippen LogP contribution in [-0.4, -0.2) is 16.9 Å². The summed E-state index contributed by atoms with van der Waals surface area (Å²) in [4.78, 5) is 0. The topological polar surface area (TPSA) is 55.5 Å². The van der Waals surface area contributed by atoms with Crippen LogP contribution in [0, 0.1) is 0 Å². The second-order valence-corrected chi connectivity index (χ2v) is 1.89. The summed E-state index contributed by atoms with van der Waals surface area (Å²) in [7, 11) is 0. The largest absolute Gasteiger partial charge is 0.471 e. The number of aliphatic hydroxyl groups excluding tert-OH is 1. The Balaban J connectivity index is 2.50. The van der Waals surface area contributed by atoms with Crippen molar-refractivity contribution in [3.8, 4) is 5.88 Å². The van der Waals surface area contributed by atoms with Crippen LogP contribution in [0.25, 0.3) is 0 Å². The predicted molar refractivity (Wildman–Crippen MR) is 38.1 cm³/mol. The maximum Gasteiger partial charge on any atom is 0.254 e. The van der Waals surface area contributed by atoms with E-state index in [0.717, 1.165) is 0 Å². The van der Waals surface area contributed by atoms with Gasteiger partial charge in [-0.2, -0.15) is 0 Å². The lowest BCUT2D eigenvalue weighted by Gasteiger charge is -1.92. The van der Waals surface area contributed by atoms with E-state index in [0.29, 0.717) is 18.2 Å². The molecule has 1 aromatic rings. The Morgan fingerprint density at radius 2 is 2.64 bits per heavy atom. The lowest BCUT2D eigenvalue weighted by molar-refractivity contribution is 0.224. The molecule has 0 aromatic carbocycles. The zero-order chi connectivity index (χ0) is 8.10. The first-order valence-corrected chi connectivity index (χ1v) is 3.17. The Bertz CT molecular complexity index is 231. The molecule has 0 atom stereocenters. The van der Waals surface area contributed by atoms with Crippen molar-refractivity contribution in [1.82, 2.24) is 5.16 Å². The highest BCUT2D eigenvalue weighted by Crippen LogP contribution is 2.10. The molecule has 1 rings (SSSR count). The Labute approximate surface area is 64.1 Å². The maximum atomic E-state index is 8.57. The monoisotopic (exact) mass is 155 g/mol. The number of hydrogen-bond donors (Lipinski definition) is 1. The van der Waals surface area contributed by atoms with Gasteiger partial charge in [0.2, 0.25) is 0 Å². The van der Waals surface area contributed by atoms with Gasteiger partial charge in [-0.05, 0) is 5.16 Å². The molecule has 0 aliphatic heterocycles. The highest BCUT2D eigenvalue weighted by molar-refractivity contribution is 5.10. The third-order valence-corrected chi connectivity index (χ3v) is 1.04. The third-order valence-electron chi connectivity index (χ3n) is 1.04. The first kappa shape index (κ1) is 7.81. The van der Waals surface area contributed by atoms with Gasteiger partial charge in [0.05, 0.1) is 0 Å². The quantitative estimate of drug-likeness (QED) is 0.651. The van der Waals surface area contributed by atoms with Gasteiger partial charge in [0.25, 0.3) is 5.88 Å². The molecule has 4 heteroatoms. The number of aliphatic hydroxyl groups is 1. The molecule has 11 heavy (non-hydrogen) atoms. The molecule has 0 amide bonds. The molecule has 0 spiro atoms. The molecule has 0 aliphatic rings. The minimum Gasteiger partial charge on any atom is -0.471 e. The Morgan fingerprint density at radius 1 is 1.82 bits per heavy atom. The Morgan fingerprint density at radius 3 is 3.18 bits per heavy atom. The summed E-state index contributed by atoms with van der Waals surface area (Å²) in [5, 5.41) is 12.1. The van der Waals surface area contributed by atoms with Gasteiger partial charge in [-0.1, -0.05) is 12.7 Å². The first-order chi connectivity index (χ1) is 5.36. The lowest BCUT2D eigenvalue weighted by Crippen LogP contribution is -1.91. The smallest absolute Gasteiger partial charge is 0.254 e. The second kappa shape index (κ2) is 3.78. The van der Waals surface area contributed by atoms with Crippen LogP contribution in [0.4, 0.5) is 0 Å². The second-order valence-electron chi connectivity index (χ2n) is 1.89. The number of rotatable bonds is 4. The van der Waals surface area contributed by atoms with Gasteiger partial charge in [-0.25, -0.2) is 0 Å². The Kier molecular flexibility index (Phi) is 2.68. The van der Waals surface area contributed by atoms with Crippen molar-refractivity contribution in [3.63, 3.8) is 0 Å². The van der Waals surface area contributed by atoms with Gasteiger partial charge in [-0.15, -0.1) is 0 Å². The molecule has 0 saturated carbocycles. The number of aromatic nitrogens is 1. The third kappa shape index (κ3) is 2.09. The van der Waals surface area contributed by atoms with Crippen molar-refractivity contribution < 1.29 is 14.4 Å². The van der Waals surface area contributed by atoms with Gasteiger partial charge in [-0.3, -0.25) is 0 Å². The van der Waals surface area contributed by atoms with Crippen molar-refractivity contribution in [2.75, 3.05) is 6.61 Å². The van der Waals surface area contributed by atoms with Crippen LogP contribution in [0.5, 0.6) is 5.88 Å². The van der Waals surface area contributed by atoms with Crippen molar-refractivity contribution in [1.29, 1.82) is 0 Å². The molecule has 60 valence electrons. The average molecular weight is 155 g/mol. The summed E-state index contributed by atoms with van der Waals surface area (Å²) in [6.45, 7) is 3.69. The molecule has 0 aliphatic carbocycles. The van der Waals surface area contributed by atoms with E-state index >= 15 is 0 Å². The van der Waals surface area contributed by atoms with Crippen LogP contribution in [-0.2, 0) is 6.61 Å². The van der Waals surface area contributed by atoms with Crippen LogP contribution < -0.4 is 4.74 Å². The van der Waals surface area contributed by atoms with E-state index in [4.69, 9.17) is 9.84 Å². The zero-order valence-corrected chi connectivity index (χ0v) is 5.99.